The molecule has 0 radical (unpaired) electrons. The third kappa shape index (κ3) is 0.969. The van der Waals surface area contributed by atoms with Crippen LogP contribution in [0.3, 0.4) is 0 Å². The zero-order valence-electron chi connectivity index (χ0n) is 6.79. The van der Waals surface area contributed by atoms with Gasteiger partial charge in [0.2, 0.25) is 0 Å². The van der Waals surface area contributed by atoms with Crippen LogP contribution in [0.25, 0.3) is 10.1 Å². The van der Waals surface area contributed by atoms with Crippen LogP contribution in [0.15, 0.2) is 30.3 Å². The van der Waals surface area contributed by atoms with E-state index in [0.717, 1.165) is 5.92 Å². The lowest BCUT2D eigenvalue weighted by Gasteiger charge is -1.83. The summed E-state index contributed by atoms with van der Waals surface area (Å²) in [6.45, 7) is 0. The number of fused-ring (bicyclic) bond motifs is 1. The first kappa shape index (κ1) is 6.67. The highest BCUT2D eigenvalue weighted by Gasteiger charge is 2.25. The van der Waals surface area contributed by atoms with Gasteiger partial charge in [-0.2, -0.15) is 0 Å². The van der Waals surface area contributed by atoms with E-state index in [1.54, 1.807) is 4.88 Å². The Morgan fingerprint density at radius 2 is 2.00 bits per heavy atom. The van der Waals surface area contributed by atoms with Crippen molar-refractivity contribution in [3.63, 3.8) is 0 Å². The molecular formula is C11H10S. The molecule has 12 heavy (non-hydrogen) atoms. The van der Waals surface area contributed by atoms with Crippen molar-refractivity contribution in [1.82, 2.24) is 0 Å². The maximum absolute atomic E-state index is 2.36. The largest absolute Gasteiger partial charge is 0.140 e. The van der Waals surface area contributed by atoms with Gasteiger partial charge in [0.05, 0.1) is 0 Å². The van der Waals surface area contributed by atoms with Crippen molar-refractivity contribution >= 4 is 21.4 Å². The Balaban J connectivity index is 2.23. The van der Waals surface area contributed by atoms with Crippen molar-refractivity contribution in [2.45, 2.75) is 18.8 Å². The standard InChI is InChI=1S/C11H10S/c1-2-4-10-9(3-1)7-11(12-10)8-5-6-8/h1-4,7-8H,5-6H2. The van der Waals surface area contributed by atoms with Gasteiger partial charge in [-0.05, 0) is 36.3 Å². The van der Waals surface area contributed by atoms with Crippen LogP contribution < -0.4 is 0 Å². The summed E-state index contributed by atoms with van der Waals surface area (Å²) in [5.74, 6) is 0.905. The molecule has 0 N–H and O–H groups in total. The molecule has 1 aromatic carbocycles. The number of thiophene rings is 1. The second-order valence-corrected chi connectivity index (χ2v) is 4.58. The van der Waals surface area contributed by atoms with Crippen molar-refractivity contribution in [3.05, 3.63) is 35.2 Å². The van der Waals surface area contributed by atoms with E-state index in [0.29, 0.717) is 0 Å². The summed E-state index contributed by atoms with van der Waals surface area (Å²) >= 11 is 1.97. The van der Waals surface area contributed by atoms with Gasteiger partial charge in [0.15, 0.2) is 0 Å². The highest BCUT2D eigenvalue weighted by molar-refractivity contribution is 7.19. The molecule has 0 aliphatic heterocycles. The lowest BCUT2D eigenvalue weighted by atomic mass is 10.2. The van der Waals surface area contributed by atoms with Crippen LogP contribution in [0, 0.1) is 0 Å². The Morgan fingerprint density at radius 3 is 2.75 bits per heavy atom. The summed E-state index contributed by atoms with van der Waals surface area (Å²) in [7, 11) is 0. The minimum Gasteiger partial charge on any atom is -0.140 e. The number of hydrogen-bond acceptors (Lipinski definition) is 1. The molecule has 1 heterocycles. The first-order chi connectivity index (χ1) is 5.93. The summed E-state index contributed by atoms with van der Waals surface area (Å²) in [6.07, 6.45) is 2.82. The Bertz CT molecular complexity index is 377. The summed E-state index contributed by atoms with van der Waals surface area (Å²) in [5.41, 5.74) is 0. The van der Waals surface area contributed by atoms with Crippen LogP contribution in [0.4, 0.5) is 0 Å². The molecule has 3 rings (SSSR count). The maximum atomic E-state index is 2.36. The Kier molecular flexibility index (Phi) is 1.30. The van der Waals surface area contributed by atoms with Crippen LogP contribution in [-0.2, 0) is 0 Å². The van der Waals surface area contributed by atoms with Crippen molar-refractivity contribution < 1.29 is 0 Å². The Hall–Kier alpha value is -0.820. The Labute approximate surface area is 75.8 Å². The van der Waals surface area contributed by atoms with Gasteiger partial charge >= 0.3 is 0 Å². The summed E-state index contributed by atoms with van der Waals surface area (Å²) in [6, 6.07) is 11.0. The van der Waals surface area contributed by atoms with Crippen molar-refractivity contribution in [2.75, 3.05) is 0 Å². The van der Waals surface area contributed by atoms with Crippen molar-refractivity contribution in [2.24, 2.45) is 0 Å². The fourth-order valence-corrected chi connectivity index (χ4v) is 2.81. The topological polar surface area (TPSA) is 0 Å². The molecule has 0 amide bonds. The van der Waals surface area contributed by atoms with Gasteiger partial charge in [0.1, 0.15) is 0 Å². The van der Waals surface area contributed by atoms with E-state index in [1.807, 2.05) is 11.3 Å². The molecule has 0 bridgehead atoms. The molecule has 1 saturated carbocycles. The first-order valence-electron chi connectivity index (χ1n) is 4.42. The normalized spacial score (nSPS) is 17.0. The SMILES string of the molecule is c1ccc2sc(C3CC3)cc2c1. The molecule has 1 aliphatic carbocycles. The number of rotatable bonds is 1. The second-order valence-electron chi connectivity index (χ2n) is 3.46. The van der Waals surface area contributed by atoms with E-state index < -0.39 is 0 Å². The summed E-state index contributed by atoms with van der Waals surface area (Å²) < 4.78 is 1.44. The Morgan fingerprint density at radius 1 is 1.17 bits per heavy atom. The van der Waals surface area contributed by atoms with Gasteiger partial charge in [-0.15, -0.1) is 11.3 Å². The summed E-state index contributed by atoms with van der Waals surface area (Å²) in [4.78, 5) is 1.59. The lowest BCUT2D eigenvalue weighted by Crippen LogP contribution is -1.63. The molecular weight excluding hydrogens is 164 g/mol. The molecule has 0 nitrogen and oxygen atoms in total. The van der Waals surface area contributed by atoms with Gasteiger partial charge in [-0.1, -0.05) is 18.2 Å². The van der Waals surface area contributed by atoms with Crippen LogP contribution >= 0.6 is 11.3 Å². The zero-order chi connectivity index (χ0) is 7.97. The number of benzene rings is 1. The van der Waals surface area contributed by atoms with Crippen LogP contribution in [0.1, 0.15) is 23.6 Å². The van der Waals surface area contributed by atoms with Crippen LogP contribution in [0.2, 0.25) is 0 Å². The fourth-order valence-electron chi connectivity index (χ4n) is 1.57. The number of hydrogen-bond donors (Lipinski definition) is 0. The molecule has 0 spiro atoms. The van der Waals surface area contributed by atoms with E-state index >= 15 is 0 Å². The van der Waals surface area contributed by atoms with Crippen molar-refractivity contribution in [3.8, 4) is 0 Å². The molecule has 0 saturated heterocycles. The minimum absolute atomic E-state index is 0.905. The van der Waals surface area contributed by atoms with Crippen LogP contribution in [-0.4, -0.2) is 0 Å². The molecule has 1 fully saturated rings. The van der Waals surface area contributed by atoms with E-state index in [2.05, 4.69) is 30.3 Å². The molecule has 0 unspecified atom stereocenters. The highest BCUT2D eigenvalue weighted by atomic mass is 32.1. The van der Waals surface area contributed by atoms with Crippen LogP contribution in [0.5, 0.6) is 0 Å². The van der Waals surface area contributed by atoms with E-state index in [9.17, 15) is 0 Å². The first-order valence-corrected chi connectivity index (χ1v) is 5.23. The molecule has 1 aliphatic rings. The van der Waals surface area contributed by atoms with Gasteiger partial charge in [0, 0.05) is 9.58 Å². The zero-order valence-corrected chi connectivity index (χ0v) is 7.60. The highest BCUT2D eigenvalue weighted by Crippen LogP contribution is 2.44. The molecule has 1 heteroatoms. The average Bonchev–Trinajstić information content (AvgIpc) is 2.85. The van der Waals surface area contributed by atoms with Gasteiger partial charge in [-0.3, -0.25) is 0 Å². The smallest absolute Gasteiger partial charge is 0.0345 e. The van der Waals surface area contributed by atoms with E-state index in [4.69, 9.17) is 0 Å². The van der Waals surface area contributed by atoms with E-state index in [1.165, 1.54) is 22.9 Å². The quantitative estimate of drug-likeness (QED) is 0.617. The fraction of sp³-hybridized carbons (Fsp3) is 0.273. The predicted molar refractivity (Wildman–Crippen MR) is 53.8 cm³/mol. The van der Waals surface area contributed by atoms with Gasteiger partial charge in [0.25, 0.3) is 0 Å². The minimum atomic E-state index is 0.905. The van der Waals surface area contributed by atoms with Gasteiger partial charge < -0.3 is 0 Å². The molecule has 2 aromatic rings. The maximum Gasteiger partial charge on any atom is 0.0345 e. The van der Waals surface area contributed by atoms with Gasteiger partial charge in [-0.25, -0.2) is 0 Å². The second kappa shape index (κ2) is 2.33. The predicted octanol–water partition coefficient (Wildman–Crippen LogP) is 3.78. The lowest BCUT2D eigenvalue weighted by molar-refractivity contribution is 1.18. The monoisotopic (exact) mass is 174 g/mol. The third-order valence-electron chi connectivity index (χ3n) is 2.42. The average molecular weight is 174 g/mol. The molecule has 0 atom stereocenters. The summed E-state index contributed by atoms with van der Waals surface area (Å²) in [5, 5.41) is 1.42. The third-order valence-corrected chi connectivity index (χ3v) is 3.70. The van der Waals surface area contributed by atoms with Crippen molar-refractivity contribution in [1.29, 1.82) is 0 Å². The molecule has 1 aromatic heterocycles. The molecule has 60 valence electrons. The van der Waals surface area contributed by atoms with E-state index in [-0.39, 0.29) is 0 Å².